The smallest absolute Gasteiger partial charge is 0.286 e. The van der Waals surface area contributed by atoms with Crippen LogP contribution >= 0.6 is 0 Å². The van der Waals surface area contributed by atoms with Crippen molar-refractivity contribution in [2.45, 2.75) is 30.7 Å². The minimum Gasteiger partial charge on any atom is -0.506 e. The number of sulfonamides is 2. The molecule has 1 aliphatic heterocycles. The van der Waals surface area contributed by atoms with E-state index in [4.69, 9.17) is 4.84 Å². The number of ketones is 1. The van der Waals surface area contributed by atoms with Gasteiger partial charge in [-0.05, 0) is 44.0 Å². The van der Waals surface area contributed by atoms with E-state index in [1.807, 2.05) is 19.9 Å². The molecule has 0 radical (unpaired) electrons. The first-order chi connectivity index (χ1) is 17.3. The van der Waals surface area contributed by atoms with Gasteiger partial charge in [-0.1, -0.05) is 35.9 Å². The number of anilines is 2. The number of hydrogen-bond acceptors (Lipinski definition) is 9. The lowest BCUT2D eigenvalue weighted by atomic mass is 9.72. The molecule has 1 heterocycles. The molecule has 1 unspecified atom stereocenters. The van der Waals surface area contributed by atoms with Crippen molar-refractivity contribution in [3.8, 4) is 0 Å². The summed E-state index contributed by atoms with van der Waals surface area (Å²) in [5.41, 5.74) is 2.75. The zero-order valence-electron chi connectivity index (χ0n) is 20.5. The standard InChI is InChI=1S/C24H26N4O7S2/c1-14(2)11-12-24(28-35-3)17-8-6-5-7-16(17)21(29)20(22(24)30)23-25-18-10-9-15(26-36(4,31)32)13-19(18)37(33,34)27-23/h5-11,13,26,28-29H,12H2,1-4H3,(H,25,27). The van der Waals surface area contributed by atoms with Crippen LogP contribution in [0.4, 0.5) is 11.4 Å². The average Bonchev–Trinajstić information content (AvgIpc) is 2.80. The molecule has 196 valence electrons. The molecule has 2 aliphatic rings. The Hall–Kier alpha value is -3.52. The summed E-state index contributed by atoms with van der Waals surface area (Å²) < 4.78 is 55.4. The van der Waals surface area contributed by atoms with E-state index in [-0.39, 0.29) is 34.1 Å². The summed E-state index contributed by atoms with van der Waals surface area (Å²) in [6.07, 6.45) is 2.92. The van der Waals surface area contributed by atoms with Crippen molar-refractivity contribution in [2.24, 2.45) is 4.40 Å². The molecule has 0 bridgehead atoms. The number of nitrogens with one attached hydrogen (secondary N) is 3. The first kappa shape index (κ1) is 26.5. The summed E-state index contributed by atoms with van der Waals surface area (Å²) >= 11 is 0. The van der Waals surface area contributed by atoms with E-state index in [1.54, 1.807) is 24.3 Å². The van der Waals surface area contributed by atoms with E-state index in [0.29, 0.717) is 11.1 Å². The van der Waals surface area contributed by atoms with Crippen LogP contribution in [0.15, 0.2) is 69.0 Å². The van der Waals surface area contributed by atoms with E-state index >= 15 is 0 Å². The average molecular weight is 547 g/mol. The zero-order valence-corrected chi connectivity index (χ0v) is 22.1. The lowest BCUT2D eigenvalue weighted by Crippen LogP contribution is -2.53. The Labute approximate surface area is 215 Å². The summed E-state index contributed by atoms with van der Waals surface area (Å²) in [7, 11) is -6.68. The Morgan fingerprint density at radius 2 is 1.92 bits per heavy atom. The fourth-order valence-corrected chi connectivity index (χ4v) is 5.98. The molecular formula is C24H26N4O7S2. The quantitative estimate of drug-likeness (QED) is 0.302. The molecule has 1 aliphatic carbocycles. The highest BCUT2D eigenvalue weighted by Gasteiger charge is 2.49. The fourth-order valence-electron chi connectivity index (χ4n) is 4.28. The van der Waals surface area contributed by atoms with Crippen molar-refractivity contribution < 1.29 is 31.6 Å². The molecule has 0 saturated heterocycles. The number of fused-ring (bicyclic) bond motifs is 2. The van der Waals surface area contributed by atoms with Crippen LogP contribution < -0.4 is 15.5 Å². The second kappa shape index (κ2) is 9.41. The summed E-state index contributed by atoms with van der Waals surface area (Å²) in [6, 6.07) is 10.5. The van der Waals surface area contributed by atoms with Crippen LogP contribution in [-0.2, 0) is 35.2 Å². The molecule has 2 aromatic carbocycles. The van der Waals surface area contributed by atoms with Gasteiger partial charge in [-0.3, -0.25) is 9.52 Å². The third-order valence-electron chi connectivity index (χ3n) is 5.85. The number of hydroxylamine groups is 1. The van der Waals surface area contributed by atoms with Crippen LogP contribution in [0.2, 0.25) is 0 Å². The molecule has 0 saturated carbocycles. The summed E-state index contributed by atoms with van der Waals surface area (Å²) in [5, 5.41) is 14.0. The molecule has 37 heavy (non-hydrogen) atoms. The third-order valence-corrected chi connectivity index (χ3v) is 7.77. The minimum absolute atomic E-state index is 0.0278. The van der Waals surface area contributed by atoms with Crippen molar-refractivity contribution in [3.05, 3.63) is 70.8 Å². The minimum atomic E-state index is -4.39. The largest absolute Gasteiger partial charge is 0.506 e. The van der Waals surface area contributed by atoms with Gasteiger partial charge in [0.1, 0.15) is 21.8 Å². The van der Waals surface area contributed by atoms with Gasteiger partial charge in [0, 0.05) is 11.3 Å². The maximum atomic E-state index is 14.1. The van der Waals surface area contributed by atoms with Gasteiger partial charge in [-0.15, -0.1) is 4.40 Å². The van der Waals surface area contributed by atoms with Crippen molar-refractivity contribution in [2.75, 3.05) is 23.4 Å². The number of nitrogens with zero attached hydrogens (tertiary/aromatic N) is 1. The zero-order chi connectivity index (χ0) is 27.2. The maximum Gasteiger partial charge on any atom is 0.286 e. The van der Waals surface area contributed by atoms with Gasteiger partial charge in [-0.2, -0.15) is 13.9 Å². The summed E-state index contributed by atoms with van der Waals surface area (Å²) in [4.78, 5) is 19.0. The topological polar surface area (TPSA) is 163 Å². The Balaban J connectivity index is 1.90. The molecule has 0 fully saturated rings. The van der Waals surface area contributed by atoms with E-state index in [1.165, 1.54) is 19.2 Å². The monoisotopic (exact) mass is 546 g/mol. The predicted molar refractivity (Wildman–Crippen MR) is 140 cm³/mol. The highest BCUT2D eigenvalue weighted by atomic mass is 32.2. The normalized spacial score (nSPS) is 20.3. The van der Waals surface area contributed by atoms with E-state index in [0.717, 1.165) is 17.9 Å². The van der Waals surface area contributed by atoms with Crippen LogP contribution in [0.1, 0.15) is 31.4 Å². The van der Waals surface area contributed by atoms with Crippen LogP contribution in [0, 0.1) is 0 Å². The number of Topliss-reactive ketones (excluding diaryl/α,β-unsaturated/α-hetero) is 1. The number of carbonyl (C=O) groups is 1. The number of allylic oxidation sites excluding steroid dienone is 1. The van der Waals surface area contributed by atoms with Gasteiger partial charge in [0.25, 0.3) is 10.0 Å². The highest BCUT2D eigenvalue weighted by Crippen LogP contribution is 2.42. The first-order valence-electron chi connectivity index (χ1n) is 11.0. The third kappa shape index (κ3) is 4.90. The van der Waals surface area contributed by atoms with Gasteiger partial charge >= 0.3 is 0 Å². The number of benzene rings is 2. The number of aliphatic hydroxyl groups is 1. The van der Waals surface area contributed by atoms with Crippen molar-refractivity contribution >= 4 is 48.8 Å². The number of amidine groups is 1. The summed E-state index contributed by atoms with van der Waals surface area (Å²) in [5.74, 6) is -1.46. The van der Waals surface area contributed by atoms with Crippen molar-refractivity contribution in [1.82, 2.24) is 5.48 Å². The SMILES string of the molecule is CONC1(CC=C(C)C)C(=O)C(C2=NS(=O)(=O)c3cc(NS(C)(=O)=O)ccc3N2)=C(O)c2ccccc21. The molecule has 0 aromatic heterocycles. The van der Waals surface area contributed by atoms with Gasteiger partial charge in [-0.25, -0.2) is 8.42 Å². The van der Waals surface area contributed by atoms with Gasteiger partial charge < -0.3 is 15.3 Å². The first-order valence-corrected chi connectivity index (χ1v) is 14.4. The summed E-state index contributed by atoms with van der Waals surface area (Å²) in [6.45, 7) is 3.74. The van der Waals surface area contributed by atoms with Crippen LogP contribution in [0.3, 0.4) is 0 Å². The van der Waals surface area contributed by atoms with E-state index in [2.05, 4.69) is 19.9 Å². The molecule has 11 nitrogen and oxygen atoms in total. The lowest BCUT2D eigenvalue weighted by Gasteiger charge is -2.38. The van der Waals surface area contributed by atoms with Crippen LogP contribution in [0.5, 0.6) is 0 Å². The van der Waals surface area contributed by atoms with E-state index < -0.39 is 37.1 Å². The molecule has 4 N–H and O–H groups in total. The Morgan fingerprint density at radius 3 is 2.57 bits per heavy atom. The lowest BCUT2D eigenvalue weighted by molar-refractivity contribution is -0.128. The van der Waals surface area contributed by atoms with Crippen molar-refractivity contribution in [3.63, 3.8) is 0 Å². The molecule has 0 amide bonds. The number of aliphatic hydroxyl groups excluding tert-OH is 1. The Morgan fingerprint density at radius 1 is 1.22 bits per heavy atom. The molecule has 1 atom stereocenters. The molecule has 0 spiro atoms. The maximum absolute atomic E-state index is 14.1. The van der Waals surface area contributed by atoms with Crippen LogP contribution in [0.25, 0.3) is 5.76 Å². The highest BCUT2D eigenvalue weighted by molar-refractivity contribution is 7.92. The second-order valence-corrected chi connectivity index (χ2v) is 12.2. The molecule has 2 aromatic rings. The number of carbonyl (C=O) groups excluding carboxylic acids is 1. The molecular weight excluding hydrogens is 520 g/mol. The molecule has 13 heteroatoms. The Bertz CT molecular complexity index is 1610. The van der Waals surface area contributed by atoms with Gasteiger partial charge in [0.2, 0.25) is 10.0 Å². The number of rotatable bonds is 7. The predicted octanol–water partition coefficient (Wildman–Crippen LogP) is 2.83. The second-order valence-electron chi connectivity index (χ2n) is 8.92. The Kier molecular flexibility index (Phi) is 6.75. The van der Waals surface area contributed by atoms with E-state index in [9.17, 15) is 26.7 Å². The van der Waals surface area contributed by atoms with Crippen molar-refractivity contribution in [1.29, 1.82) is 0 Å². The van der Waals surface area contributed by atoms with Gasteiger partial charge in [0.05, 0.1) is 19.1 Å². The molecule has 4 rings (SSSR count). The number of hydrogen-bond donors (Lipinski definition) is 4. The fraction of sp³-hybridized carbons (Fsp3) is 0.250. The van der Waals surface area contributed by atoms with Gasteiger partial charge in [0.15, 0.2) is 11.6 Å². The van der Waals surface area contributed by atoms with Crippen LogP contribution in [-0.4, -0.2) is 46.9 Å².